The van der Waals surface area contributed by atoms with Crippen molar-refractivity contribution >= 4 is 40.5 Å². The molecule has 0 saturated heterocycles. The van der Waals surface area contributed by atoms with Crippen LogP contribution in [-0.2, 0) is 0 Å². The monoisotopic (exact) mass is 325 g/mol. The Morgan fingerprint density at radius 2 is 1.65 bits per heavy atom. The Morgan fingerprint density at radius 1 is 0.950 bits per heavy atom. The highest BCUT2D eigenvalue weighted by atomic mass is 35.5. The van der Waals surface area contributed by atoms with Crippen LogP contribution in [-0.4, -0.2) is 0 Å². The van der Waals surface area contributed by atoms with Gasteiger partial charge in [0.25, 0.3) is 0 Å². The first kappa shape index (κ1) is 14.1. The number of hydrogen-bond donors (Lipinski definition) is 1. The van der Waals surface area contributed by atoms with E-state index in [1.165, 1.54) is 18.4 Å². The number of nitrogens with one attached hydrogen (secondary N) is 1. The van der Waals surface area contributed by atoms with Crippen molar-refractivity contribution in [2.75, 3.05) is 5.32 Å². The van der Waals surface area contributed by atoms with Gasteiger partial charge >= 0.3 is 0 Å². The van der Waals surface area contributed by atoms with E-state index in [1.807, 2.05) is 24.3 Å². The standard InChI is InChI=1S/C16H14Cl3N/c17-12-8-6-11(7-9-12)16(10-4-5-10)20-14-3-1-2-13(18)15(14)19/h1-3,6-10,16,20H,4-5H2. The maximum absolute atomic E-state index is 6.26. The first-order chi connectivity index (χ1) is 9.65. The first-order valence-electron chi connectivity index (χ1n) is 6.61. The molecule has 1 unspecified atom stereocenters. The number of benzene rings is 2. The summed E-state index contributed by atoms with van der Waals surface area (Å²) >= 11 is 18.3. The average Bonchev–Trinajstić information content (AvgIpc) is 3.26. The Labute approximate surface area is 133 Å². The number of hydrogen-bond acceptors (Lipinski definition) is 1. The van der Waals surface area contributed by atoms with Crippen LogP contribution in [0.3, 0.4) is 0 Å². The van der Waals surface area contributed by atoms with E-state index in [9.17, 15) is 0 Å². The maximum Gasteiger partial charge on any atom is 0.0823 e. The molecule has 0 radical (unpaired) electrons. The third-order valence-electron chi connectivity index (χ3n) is 3.59. The molecule has 3 rings (SSSR count). The third-order valence-corrected chi connectivity index (χ3v) is 4.66. The van der Waals surface area contributed by atoms with Crippen LogP contribution in [0.4, 0.5) is 5.69 Å². The van der Waals surface area contributed by atoms with Gasteiger partial charge in [-0.15, -0.1) is 0 Å². The fourth-order valence-corrected chi connectivity index (χ4v) is 2.84. The summed E-state index contributed by atoms with van der Waals surface area (Å²) in [5, 5.41) is 5.43. The van der Waals surface area contributed by atoms with E-state index in [2.05, 4.69) is 17.4 Å². The smallest absolute Gasteiger partial charge is 0.0823 e. The van der Waals surface area contributed by atoms with Gasteiger partial charge in [0.15, 0.2) is 0 Å². The number of halogens is 3. The van der Waals surface area contributed by atoms with E-state index >= 15 is 0 Å². The lowest BCUT2D eigenvalue weighted by Crippen LogP contribution is -2.13. The normalized spacial score (nSPS) is 15.9. The lowest BCUT2D eigenvalue weighted by molar-refractivity contribution is 0.679. The minimum Gasteiger partial charge on any atom is -0.377 e. The highest BCUT2D eigenvalue weighted by Crippen LogP contribution is 2.44. The molecule has 4 heteroatoms. The fraction of sp³-hybridized carbons (Fsp3) is 0.250. The number of anilines is 1. The summed E-state index contributed by atoms with van der Waals surface area (Å²) in [5.74, 6) is 0.645. The van der Waals surface area contributed by atoms with Crippen molar-refractivity contribution in [3.05, 3.63) is 63.1 Å². The molecular weight excluding hydrogens is 313 g/mol. The van der Waals surface area contributed by atoms with Crippen molar-refractivity contribution in [3.63, 3.8) is 0 Å². The Balaban J connectivity index is 1.88. The van der Waals surface area contributed by atoms with Gasteiger partial charge in [0, 0.05) is 5.02 Å². The summed E-state index contributed by atoms with van der Waals surface area (Å²) < 4.78 is 0. The Morgan fingerprint density at radius 3 is 2.30 bits per heavy atom. The van der Waals surface area contributed by atoms with E-state index in [0.29, 0.717) is 16.0 Å². The molecule has 20 heavy (non-hydrogen) atoms. The minimum atomic E-state index is 0.253. The van der Waals surface area contributed by atoms with Crippen molar-refractivity contribution in [1.82, 2.24) is 0 Å². The van der Waals surface area contributed by atoms with Crippen molar-refractivity contribution in [2.45, 2.75) is 18.9 Å². The van der Waals surface area contributed by atoms with Crippen LogP contribution in [0.25, 0.3) is 0 Å². The van der Waals surface area contributed by atoms with Crippen LogP contribution >= 0.6 is 34.8 Å². The average molecular weight is 327 g/mol. The molecule has 0 heterocycles. The van der Waals surface area contributed by atoms with Crippen LogP contribution in [0.5, 0.6) is 0 Å². The predicted molar refractivity (Wildman–Crippen MR) is 87.0 cm³/mol. The second kappa shape index (κ2) is 5.85. The Kier molecular flexibility index (Phi) is 4.11. The molecule has 1 nitrogen and oxygen atoms in total. The van der Waals surface area contributed by atoms with Crippen molar-refractivity contribution < 1.29 is 0 Å². The Bertz CT molecular complexity index is 606. The second-order valence-corrected chi connectivity index (χ2v) is 6.33. The van der Waals surface area contributed by atoms with Gasteiger partial charge in [-0.05, 0) is 48.6 Å². The molecule has 1 atom stereocenters. The molecule has 2 aromatic rings. The predicted octanol–water partition coefficient (Wildman–Crippen LogP) is 6.21. The molecule has 104 valence electrons. The zero-order valence-corrected chi connectivity index (χ0v) is 13.0. The molecule has 1 aliphatic carbocycles. The van der Waals surface area contributed by atoms with Gasteiger partial charge < -0.3 is 5.32 Å². The van der Waals surface area contributed by atoms with Crippen LogP contribution in [0, 0.1) is 5.92 Å². The van der Waals surface area contributed by atoms with E-state index in [4.69, 9.17) is 34.8 Å². The van der Waals surface area contributed by atoms with Gasteiger partial charge in [0.2, 0.25) is 0 Å². The van der Waals surface area contributed by atoms with Crippen molar-refractivity contribution in [3.8, 4) is 0 Å². The summed E-state index contributed by atoms with van der Waals surface area (Å²) in [7, 11) is 0. The summed E-state index contributed by atoms with van der Waals surface area (Å²) in [5.41, 5.74) is 2.11. The largest absolute Gasteiger partial charge is 0.377 e. The maximum atomic E-state index is 6.26. The van der Waals surface area contributed by atoms with Crippen molar-refractivity contribution in [1.29, 1.82) is 0 Å². The zero-order valence-electron chi connectivity index (χ0n) is 10.7. The molecule has 1 aliphatic rings. The highest BCUT2D eigenvalue weighted by molar-refractivity contribution is 6.43. The molecule has 1 fully saturated rings. The SMILES string of the molecule is Clc1ccc(C(Nc2cccc(Cl)c2Cl)C2CC2)cc1. The van der Waals surface area contributed by atoms with Gasteiger partial charge in [-0.2, -0.15) is 0 Å². The molecule has 0 spiro atoms. The summed E-state index contributed by atoms with van der Waals surface area (Å²) in [4.78, 5) is 0. The van der Waals surface area contributed by atoms with Gasteiger partial charge in [-0.3, -0.25) is 0 Å². The summed E-state index contributed by atoms with van der Waals surface area (Å²) in [6.45, 7) is 0. The highest BCUT2D eigenvalue weighted by Gasteiger charge is 2.32. The molecule has 0 aromatic heterocycles. The summed E-state index contributed by atoms with van der Waals surface area (Å²) in [6, 6.07) is 13.9. The zero-order chi connectivity index (χ0) is 14.1. The molecule has 2 aromatic carbocycles. The molecule has 0 bridgehead atoms. The number of rotatable bonds is 4. The van der Waals surface area contributed by atoms with Crippen LogP contribution in [0.15, 0.2) is 42.5 Å². The second-order valence-electron chi connectivity index (χ2n) is 5.11. The fourth-order valence-electron chi connectivity index (χ4n) is 2.36. The van der Waals surface area contributed by atoms with Crippen molar-refractivity contribution in [2.24, 2.45) is 5.92 Å². The first-order valence-corrected chi connectivity index (χ1v) is 7.74. The Hall–Kier alpha value is -0.890. The molecule has 0 aliphatic heterocycles. The van der Waals surface area contributed by atoms with Gasteiger partial charge in [-0.1, -0.05) is 53.0 Å². The van der Waals surface area contributed by atoms with Crippen LogP contribution < -0.4 is 5.32 Å². The topological polar surface area (TPSA) is 12.0 Å². The van der Waals surface area contributed by atoms with Gasteiger partial charge in [0.1, 0.15) is 0 Å². The van der Waals surface area contributed by atoms with E-state index in [-0.39, 0.29) is 6.04 Å². The van der Waals surface area contributed by atoms with Gasteiger partial charge in [0.05, 0.1) is 21.8 Å². The molecular formula is C16H14Cl3N. The quantitative estimate of drug-likeness (QED) is 0.704. The van der Waals surface area contributed by atoms with Crippen LogP contribution in [0.2, 0.25) is 15.1 Å². The van der Waals surface area contributed by atoms with E-state index < -0.39 is 0 Å². The molecule has 1 N–H and O–H groups in total. The molecule has 1 saturated carbocycles. The van der Waals surface area contributed by atoms with Gasteiger partial charge in [-0.25, -0.2) is 0 Å². The lowest BCUT2D eigenvalue weighted by atomic mass is 10.0. The van der Waals surface area contributed by atoms with Crippen LogP contribution in [0.1, 0.15) is 24.4 Å². The lowest BCUT2D eigenvalue weighted by Gasteiger charge is -2.21. The van der Waals surface area contributed by atoms with E-state index in [1.54, 1.807) is 6.07 Å². The molecule has 0 amide bonds. The summed E-state index contributed by atoms with van der Waals surface area (Å²) in [6.07, 6.45) is 2.47. The third kappa shape index (κ3) is 3.06. The minimum absolute atomic E-state index is 0.253. The van der Waals surface area contributed by atoms with E-state index in [0.717, 1.165) is 10.7 Å².